The zero-order valence-corrected chi connectivity index (χ0v) is 15.1. The number of ether oxygens (including phenoxy) is 2. The van der Waals surface area contributed by atoms with E-state index in [0.29, 0.717) is 16.3 Å². The highest BCUT2D eigenvalue weighted by Crippen LogP contribution is 2.36. The normalized spacial score (nSPS) is 13.7. The molecule has 0 spiro atoms. The van der Waals surface area contributed by atoms with Crippen LogP contribution >= 0.6 is 11.3 Å². The Hall–Kier alpha value is -2.61. The summed E-state index contributed by atoms with van der Waals surface area (Å²) in [4.78, 5) is 36.2. The maximum atomic E-state index is 12.3. The molecule has 2 aromatic rings. The van der Waals surface area contributed by atoms with E-state index in [1.54, 1.807) is 24.4 Å². The van der Waals surface area contributed by atoms with Crippen LogP contribution in [0, 0.1) is 5.92 Å². The summed E-state index contributed by atoms with van der Waals surface area (Å²) < 4.78 is 15.5. The zero-order chi connectivity index (χ0) is 18.5. The van der Waals surface area contributed by atoms with Crippen LogP contribution in [0.25, 0.3) is 11.3 Å². The summed E-state index contributed by atoms with van der Waals surface area (Å²) in [7, 11) is 0. The number of anilines is 1. The van der Waals surface area contributed by atoms with Crippen molar-refractivity contribution in [2.24, 2.45) is 5.92 Å². The van der Waals surface area contributed by atoms with Gasteiger partial charge in [-0.25, -0.2) is 4.79 Å². The fraction of sp³-hybridized carbons (Fsp3) is 0.389. The number of hydrogen-bond donors (Lipinski definition) is 1. The van der Waals surface area contributed by atoms with Crippen LogP contribution in [0.1, 0.15) is 36.5 Å². The van der Waals surface area contributed by atoms with E-state index < -0.39 is 11.9 Å². The van der Waals surface area contributed by atoms with Crippen LogP contribution in [0.3, 0.4) is 0 Å². The Morgan fingerprint density at radius 2 is 2.12 bits per heavy atom. The van der Waals surface area contributed by atoms with Crippen molar-refractivity contribution in [2.75, 3.05) is 18.5 Å². The molecule has 2 heterocycles. The highest BCUT2D eigenvalue weighted by atomic mass is 32.1. The third-order valence-electron chi connectivity index (χ3n) is 4.09. The van der Waals surface area contributed by atoms with Crippen molar-refractivity contribution in [3.63, 3.8) is 0 Å². The highest BCUT2D eigenvalue weighted by molar-refractivity contribution is 7.15. The topological polar surface area (TPSA) is 94.8 Å². The molecule has 1 aliphatic carbocycles. The van der Waals surface area contributed by atoms with Gasteiger partial charge in [-0.05, 0) is 31.9 Å². The van der Waals surface area contributed by atoms with Gasteiger partial charge < -0.3 is 19.2 Å². The van der Waals surface area contributed by atoms with Gasteiger partial charge >= 0.3 is 11.9 Å². The molecular weight excluding hydrogens is 358 g/mol. The summed E-state index contributed by atoms with van der Waals surface area (Å²) in [5.41, 5.74) is 0.769. The summed E-state index contributed by atoms with van der Waals surface area (Å²) >= 11 is 1.18. The summed E-state index contributed by atoms with van der Waals surface area (Å²) in [6.07, 6.45) is 4.13. The summed E-state index contributed by atoms with van der Waals surface area (Å²) in [5.74, 6) is -0.996. The van der Waals surface area contributed by atoms with E-state index in [2.05, 4.69) is 5.32 Å². The number of thiophene rings is 1. The standard InChI is InChI=1S/C18H19NO6S/c1-2-23-18(22)15-12(13-7-4-8-24-13)10-26-16(15)19-14(20)9-25-17(21)11-5-3-6-11/h4,7-8,10-11H,2-3,5-6,9H2,1H3,(H,19,20). The van der Waals surface area contributed by atoms with E-state index in [-0.39, 0.29) is 30.7 Å². The van der Waals surface area contributed by atoms with Crippen molar-refractivity contribution in [3.8, 4) is 11.3 Å². The SMILES string of the molecule is CCOC(=O)c1c(-c2ccco2)csc1NC(=O)COC(=O)C1CCC1. The van der Waals surface area contributed by atoms with Crippen LogP contribution < -0.4 is 5.32 Å². The van der Waals surface area contributed by atoms with Crippen molar-refractivity contribution in [2.45, 2.75) is 26.2 Å². The molecule has 138 valence electrons. The van der Waals surface area contributed by atoms with E-state index >= 15 is 0 Å². The Morgan fingerprint density at radius 3 is 2.73 bits per heavy atom. The van der Waals surface area contributed by atoms with Crippen molar-refractivity contribution in [1.82, 2.24) is 0 Å². The van der Waals surface area contributed by atoms with E-state index in [0.717, 1.165) is 19.3 Å². The molecule has 1 saturated carbocycles. The molecular formula is C18H19NO6S. The average molecular weight is 377 g/mol. The average Bonchev–Trinajstić information content (AvgIpc) is 3.20. The molecule has 0 atom stereocenters. The van der Waals surface area contributed by atoms with Crippen LogP contribution in [0.5, 0.6) is 0 Å². The van der Waals surface area contributed by atoms with Gasteiger partial charge in [-0.1, -0.05) is 6.42 Å². The van der Waals surface area contributed by atoms with Gasteiger partial charge in [-0.15, -0.1) is 11.3 Å². The zero-order valence-electron chi connectivity index (χ0n) is 14.3. The number of carbonyl (C=O) groups is 3. The molecule has 0 aromatic carbocycles. The number of amides is 1. The van der Waals surface area contributed by atoms with Crippen LogP contribution in [-0.2, 0) is 19.1 Å². The molecule has 0 saturated heterocycles. The molecule has 8 heteroatoms. The first-order chi connectivity index (χ1) is 12.6. The predicted molar refractivity (Wildman–Crippen MR) is 94.9 cm³/mol. The van der Waals surface area contributed by atoms with Gasteiger partial charge in [0.15, 0.2) is 6.61 Å². The molecule has 0 bridgehead atoms. The Kier molecular flexibility index (Phi) is 5.72. The van der Waals surface area contributed by atoms with E-state index in [1.807, 2.05) is 0 Å². The first kappa shape index (κ1) is 18.2. The number of rotatable bonds is 7. The van der Waals surface area contributed by atoms with Gasteiger partial charge in [0.2, 0.25) is 0 Å². The lowest BCUT2D eigenvalue weighted by atomic mass is 9.86. The number of esters is 2. The Balaban J connectivity index is 1.71. The minimum Gasteiger partial charge on any atom is -0.464 e. The van der Waals surface area contributed by atoms with Crippen LogP contribution in [-0.4, -0.2) is 31.1 Å². The van der Waals surface area contributed by atoms with E-state index in [9.17, 15) is 14.4 Å². The molecule has 2 aromatic heterocycles. The molecule has 1 fully saturated rings. The van der Waals surface area contributed by atoms with Crippen LogP contribution in [0.2, 0.25) is 0 Å². The minimum atomic E-state index is -0.554. The van der Waals surface area contributed by atoms with Crippen molar-refractivity contribution < 1.29 is 28.3 Å². The van der Waals surface area contributed by atoms with Crippen LogP contribution in [0.4, 0.5) is 5.00 Å². The second kappa shape index (κ2) is 8.18. The summed E-state index contributed by atoms with van der Waals surface area (Å²) in [5, 5.41) is 4.66. The quantitative estimate of drug-likeness (QED) is 0.743. The molecule has 1 N–H and O–H groups in total. The number of hydrogen-bond acceptors (Lipinski definition) is 7. The molecule has 0 unspecified atom stereocenters. The molecule has 0 aliphatic heterocycles. The fourth-order valence-electron chi connectivity index (χ4n) is 2.53. The Labute approximate surface area is 154 Å². The smallest absolute Gasteiger partial charge is 0.341 e. The third-order valence-corrected chi connectivity index (χ3v) is 4.99. The Morgan fingerprint density at radius 1 is 1.31 bits per heavy atom. The van der Waals surface area contributed by atoms with Gasteiger partial charge in [0.25, 0.3) is 5.91 Å². The molecule has 26 heavy (non-hydrogen) atoms. The van der Waals surface area contributed by atoms with Crippen molar-refractivity contribution in [3.05, 3.63) is 29.3 Å². The van der Waals surface area contributed by atoms with Crippen molar-refractivity contribution in [1.29, 1.82) is 0 Å². The highest BCUT2D eigenvalue weighted by Gasteiger charge is 2.28. The lowest BCUT2D eigenvalue weighted by Gasteiger charge is -2.22. The summed E-state index contributed by atoms with van der Waals surface area (Å²) in [6, 6.07) is 3.43. The number of furan rings is 1. The maximum Gasteiger partial charge on any atom is 0.341 e. The first-order valence-electron chi connectivity index (χ1n) is 8.39. The van der Waals surface area contributed by atoms with Crippen LogP contribution in [0.15, 0.2) is 28.2 Å². The van der Waals surface area contributed by atoms with Gasteiger partial charge in [0, 0.05) is 10.9 Å². The minimum absolute atomic E-state index is 0.0924. The van der Waals surface area contributed by atoms with Gasteiger partial charge in [-0.3, -0.25) is 9.59 Å². The Bertz CT molecular complexity index is 791. The maximum absolute atomic E-state index is 12.3. The fourth-order valence-corrected chi connectivity index (χ4v) is 3.48. The third kappa shape index (κ3) is 3.96. The molecule has 1 amide bonds. The number of carbonyl (C=O) groups excluding carboxylic acids is 3. The van der Waals surface area contributed by atoms with Crippen molar-refractivity contribution >= 4 is 34.2 Å². The van der Waals surface area contributed by atoms with E-state index in [1.165, 1.54) is 17.6 Å². The largest absolute Gasteiger partial charge is 0.464 e. The second-order valence-corrected chi connectivity index (χ2v) is 6.71. The lowest BCUT2D eigenvalue weighted by molar-refractivity contribution is -0.154. The van der Waals surface area contributed by atoms with Gasteiger partial charge in [0.1, 0.15) is 16.3 Å². The van der Waals surface area contributed by atoms with E-state index in [4.69, 9.17) is 13.9 Å². The predicted octanol–water partition coefficient (Wildman–Crippen LogP) is 3.47. The molecule has 0 radical (unpaired) electrons. The second-order valence-electron chi connectivity index (χ2n) is 5.83. The monoisotopic (exact) mass is 377 g/mol. The lowest BCUT2D eigenvalue weighted by Crippen LogP contribution is -2.28. The first-order valence-corrected chi connectivity index (χ1v) is 9.27. The number of nitrogens with one attached hydrogen (secondary N) is 1. The van der Waals surface area contributed by atoms with Gasteiger partial charge in [-0.2, -0.15) is 0 Å². The summed E-state index contributed by atoms with van der Waals surface area (Å²) in [6.45, 7) is 1.53. The van der Waals surface area contributed by atoms with Gasteiger partial charge in [0.05, 0.1) is 18.8 Å². The molecule has 1 aliphatic rings. The molecule has 3 rings (SSSR count). The molecule has 7 nitrogen and oxygen atoms in total.